The van der Waals surface area contributed by atoms with E-state index in [1.807, 2.05) is 14.1 Å². The van der Waals surface area contributed by atoms with E-state index in [2.05, 4.69) is 32.2 Å². The van der Waals surface area contributed by atoms with Crippen LogP contribution in [0.25, 0.3) is 0 Å². The molecule has 0 aromatic rings. The van der Waals surface area contributed by atoms with Crippen LogP contribution in [-0.2, 0) is 0 Å². The molecule has 0 heterocycles. The van der Waals surface area contributed by atoms with E-state index in [0.717, 1.165) is 37.1 Å². The second-order valence-corrected chi connectivity index (χ2v) is 11.4. The first-order chi connectivity index (χ1) is 13.7. The molecule has 4 aliphatic rings. The molecule has 0 aromatic carbocycles. The van der Waals surface area contributed by atoms with Gasteiger partial charge in [0.05, 0.1) is 6.10 Å². The van der Waals surface area contributed by atoms with Crippen molar-refractivity contribution in [3.8, 4) is 0 Å². The number of allylic oxidation sites excluding steroid dienone is 1. The van der Waals surface area contributed by atoms with Gasteiger partial charge in [-0.25, -0.2) is 4.79 Å². The lowest BCUT2D eigenvalue weighted by molar-refractivity contribution is -0.0564. The van der Waals surface area contributed by atoms with Crippen LogP contribution in [0.2, 0.25) is 0 Å². The summed E-state index contributed by atoms with van der Waals surface area (Å²) in [4.78, 5) is 13.6. The van der Waals surface area contributed by atoms with Gasteiger partial charge in [0.2, 0.25) is 0 Å². The largest absolute Gasteiger partial charge is 0.393 e. The van der Waals surface area contributed by atoms with Crippen molar-refractivity contribution in [2.45, 2.75) is 78.2 Å². The van der Waals surface area contributed by atoms with E-state index in [-0.39, 0.29) is 12.1 Å². The molecule has 0 bridgehead atoms. The average molecular weight is 403 g/mol. The average Bonchev–Trinajstić information content (AvgIpc) is 3.03. The van der Waals surface area contributed by atoms with Gasteiger partial charge in [-0.3, -0.25) is 0 Å². The minimum absolute atomic E-state index is 0.0256. The highest BCUT2D eigenvalue weighted by molar-refractivity contribution is 5.73. The van der Waals surface area contributed by atoms with E-state index in [9.17, 15) is 9.90 Å². The molecule has 164 valence electrons. The highest BCUT2D eigenvalue weighted by Gasteiger charge is 2.59. The van der Waals surface area contributed by atoms with E-state index in [1.165, 1.54) is 38.5 Å². The second kappa shape index (κ2) is 7.59. The molecule has 3 fully saturated rings. The summed E-state index contributed by atoms with van der Waals surface area (Å²) in [6.45, 7) is 8.22. The maximum atomic E-state index is 12.0. The Morgan fingerprint density at radius 1 is 1.21 bits per heavy atom. The Balaban J connectivity index is 1.49. The van der Waals surface area contributed by atoms with Gasteiger partial charge in [-0.05, 0) is 91.8 Å². The van der Waals surface area contributed by atoms with E-state index in [1.54, 1.807) is 10.5 Å². The van der Waals surface area contributed by atoms with Crippen molar-refractivity contribution >= 4 is 6.03 Å². The predicted octanol–water partition coefficient (Wildman–Crippen LogP) is 4.83. The molecular formula is C25H42N2O2. The van der Waals surface area contributed by atoms with Crippen molar-refractivity contribution in [1.29, 1.82) is 0 Å². The summed E-state index contributed by atoms with van der Waals surface area (Å²) >= 11 is 0. The van der Waals surface area contributed by atoms with Gasteiger partial charge in [-0.1, -0.05) is 32.4 Å². The Kier molecular flexibility index (Phi) is 5.55. The topological polar surface area (TPSA) is 52.6 Å². The monoisotopic (exact) mass is 402 g/mol. The van der Waals surface area contributed by atoms with Gasteiger partial charge < -0.3 is 15.3 Å². The standard InChI is InChI=1S/C25H42N2O2/c1-16(15-26-23(29)27(4)5)20-8-9-21-19-7-6-17-14-18(28)10-12-24(17,2)22(19)11-13-25(20,21)3/h6,16,18-22,28H,7-15H2,1-5H3,(H,26,29)/t16?,18-,19-,20+,21-,22-,24-,25+/m0/s1. The number of hydrogen-bond acceptors (Lipinski definition) is 2. The molecule has 29 heavy (non-hydrogen) atoms. The number of aliphatic hydroxyl groups is 1. The molecule has 2 amide bonds. The van der Waals surface area contributed by atoms with Gasteiger partial charge in [0.15, 0.2) is 0 Å². The SMILES string of the molecule is CC(CNC(=O)N(C)C)[C@H]1CC[C@H]2[C@@H]3CC=C4C[C@@H](O)CC[C@]4(C)[C@H]3CC[C@]12C. The Morgan fingerprint density at radius 3 is 2.69 bits per heavy atom. The molecule has 8 atom stereocenters. The fraction of sp³-hybridized carbons (Fsp3) is 0.880. The third-order valence-electron chi connectivity index (χ3n) is 9.82. The molecular weight excluding hydrogens is 360 g/mol. The smallest absolute Gasteiger partial charge is 0.316 e. The maximum Gasteiger partial charge on any atom is 0.316 e. The zero-order valence-corrected chi connectivity index (χ0v) is 19.2. The molecule has 4 rings (SSSR count). The minimum Gasteiger partial charge on any atom is -0.393 e. The minimum atomic E-state index is -0.117. The van der Waals surface area contributed by atoms with Gasteiger partial charge in [0.25, 0.3) is 0 Å². The summed E-state index contributed by atoms with van der Waals surface area (Å²) in [6.07, 6.45) is 12.0. The van der Waals surface area contributed by atoms with Crippen molar-refractivity contribution in [3.05, 3.63) is 11.6 Å². The quantitative estimate of drug-likeness (QED) is 0.664. The van der Waals surface area contributed by atoms with Crippen molar-refractivity contribution in [3.63, 3.8) is 0 Å². The number of hydrogen-bond donors (Lipinski definition) is 2. The Labute approximate surface area is 177 Å². The summed E-state index contributed by atoms with van der Waals surface area (Å²) in [7, 11) is 3.62. The Hall–Kier alpha value is -1.03. The number of rotatable bonds is 3. The zero-order valence-electron chi connectivity index (χ0n) is 19.2. The van der Waals surface area contributed by atoms with Crippen LogP contribution in [0.5, 0.6) is 0 Å². The summed E-state index contributed by atoms with van der Waals surface area (Å²) in [5.41, 5.74) is 2.31. The van der Waals surface area contributed by atoms with Gasteiger partial charge in [-0.2, -0.15) is 0 Å². The molecule has 4 heteroatoms. The lowest BCUT2D eigenvalue weighted by atomic mass is 9.47. The summed E-state index contributed by atoms with van der Waals surface area (Å²) in [6, 6.07) is 0.0256. The lowest BCUT2D eigenvalue weighted by Gasteiger charge is -2.58. The molecule has 0 radical (unpaired) electrons. The first-order valence-corrected chi connectivity index (χ1v) is 12.0. The van der Waals surface area contributed by atoms with Crippen molar-refractivity contribution in [2.75, 3.05) is 20.6 Å². The number of amides is 2. The highest BCUT2D eigenvalue weighted by Crippen LogP contribution is 2.67. The maximum absolute atomic E-state index is 12.0. The molecule has 1 unspecified atom stereocenters. The molecule has 3 saturated carbocycles. The van der Waals surface area contributed by atoms with Gasteiger partial charge in [0.1, 0.15) is 0 Å². The molecule has 2 N–H and O–H groups in total. The number of carbonyl (C=O) groups is 1. The predicted molar refractivity (Wildman–Crippen MR) is 117 cm³/mol. The molecule has 0 spiro atoms. The highest BCUT2D eigenvalue weighted by atomic mass is 16.3. The van der Waals surface area contributed by atoms with Crippen LogP contribution in [0.3, 0.4) is 0 Å². The van der Waals surface area contributed by atoms with E-state index in [4.69, 9.17) is 0 Å². The Bertz CT molecular complexity index is 674. The number of carbonyl (C=O) groups excluding carboxylic acids is 1. The fourth-order valence-corrected chi connectivity index (χ4v) is 8.17. The number of urea groups is 1. The number of aliphatic hydroxyl groups excluding tert-OH is 1. The first kappa shape index (κ1) is 21.2. The first-order valence-electron chi connectivity index (χ1n) is 12.0. The van der Waals surface area contributed by atoms with E-state index >= 15 is 0 Å². The van der Waals surface area contributed by atoms with Crippen LogP contribution in [0.4, 0.5) is 4.79 Å². The van der Waals surface area contributed by atoms with Crippen LogP contribution in [0, 0.1) is 40.4 Å². The number of nitrogens with one attached hydrogen (secondary N) is 1. The second-order valence-electron chi connectivity index (χ2n) is 11.4. The lowest BCUT2D eigenvalue weighted by Crippen LogP contribution is -2.51. The summed E-state index contributed by atoms with van der Waals surface area (Å²) in [5, 5.41) is 13.3. The zero-order chi connectivity index (χ0) is 21.0. The van der Waals surface area contributed by atoms with Crippen LogP contribution >= 0.6 is 0 Å². The summed E-state index contributed by atoms with van der Waals surface area (Å²) in [5.74, 6) is 3.67. The van der Waals surface area contributed by atoms with E-state index < -0.39 is 0 Å². The Morgan fingerprint density at radius 2 is 1.97 bits per heavy atom. The molecule has 0 aliphatic heterocycles. The van der Waals surface area contributed by atoms with Crippen molar-refractivity contribution in [1.82, 2.24) is 10.2 Å². The van der Waals surface area contributed by atoms with Crippen LogP contribution in [0.15, 0.2) is 11.6 Å². The van der Waals surface area contributed by atoms with Gasteiger partial charge in [-0.15, -0.1) is 0 Å². The third kappa shape index (κ3) is 3.43. The van der Waals surface area contributed by atoms with Crippen molar-refractivity contribution in [2.24, 2.45) is 40.4 Å². The fourth-order valence-electron chi connectivity index (χ4n) is 8.17. The van der Waals surface area contributed by atoms with Gasteiger partial charge in [0, 0.05) is 20.6 Å². The molecule has 0 saturated heterocycles. The number of nitrogens with zero attached hydrogens (tertiary/aromatic N) is 1. The molecule has 0 aromatic heterocycles. The van der Waals surface area contributed by atoms with Crippen LogP contribution < -0.4 is 5.32 Å². The third-order valence-corrected chi connectivity index (χ3v) is 9.82. The van der Waals surface area contributed by atoms with Crippen LogP contribution in [0.1, 0.15) is 72.1 Å². The molecule has 4 aliphatic carbocycles. The van der Waals surface area contributed by atoms with Gasteiger partial charge >= 0.3 is 6.03 Å². The van der Waals surface area contributed by atoms with Crippen molar-refractivity contribution < 1.29 is 9.90 Å². The van der Waals surface area contributed by atoms with Crippen LogP contribution in [-0.4, -0.2) is 42.8 Å². The summed E-state index contributed by atoms with van der Waals surface area (Å²) < 4.78 is 0. The normalized spacial score (nSPS) is 44.8. The molecule has 4 nitrogen and oxygen atoms in total. The van der Waals surface area contributed by atoms with E-state index in [0.29, 0.717) is 22.7 Å². The number of fused-ring (bicyclic) bond motifs is 5.